The molecule has 0 bridgehead atoms. The van der Waals surface area contributed by atoms with Crippen molar-refractivity contribution in [3.63, 3.8) is 0 Å². The first-order valence-electron chi connectivity index (χ1n) is 6.98. The van der Waals surface area contributed by atoms with E-state index in [-0.39, 0.29) is 23.9 Å². The average molecular weight is 260 g/mol. The lowest BCUT2D eigenvalue weighted by Crippen LogP contribution is -2.38. The van der Waals surface area contributed by atoms with E-state index < -0.39 is 0 Å². The molecule has 104 valence electrons. The third-order valence-corrected chi connectivity index (χ3v) is 4.41. The van der Waals surface area contributed by atoms with Gasteiger partial charge in [-0.1, -0.05) is 24.6 Å². The zero-order valence-corrected chi connectivity index (χ0v) is 12.5. The van der Waals surface area contributed by atoms with Crippen molar-refractivity contribution >= 4 is 5.91 Å². The molecule has 1 aliphatic heterocycles. The molecule has 19 heavy (non-hydrogen) atoms. The lowest BCUT2D eigenvalue weighted by molar-refractivity contribution is -0.128. The van der Waals surface area contributed by atoms with Gasteiger partial charge in [-0.05, 0) is 43.9 Å². The number of benzene rings is 1. The van der Waals surface area contributed by atoms with Crippen molar-refractivity contribution in [3.05, 3.63) is 34.4 Å². The quantitative estimate of drug-likeness (QED) is 0.886. The topological polar surface area (TPSA) is 46.3 Å². The first kappa shape index (κ1) is 14.1. The third-order valence-electron chi connectivity index (χ3n) is 4.41. The van der Waals surface area contributed by atoms with Gasteiger partial charge >= 0.3 is 0 Å². The van der Waals surface area contributed by atoms with Crippen LogP contribution in [0.3, 0.4) is 0 Å². The number of nitrogens with two attached hydrogens (primary N) is 1. The molecular weight excluding hydrogens is 236 g/mol. The summed E-state index contributed by atoms with van der Waals surface area (Å²) in [5, 5.41) is 0. The summed E-state index contributed by atoms with van der Waals surface area (Å²) in [6.07, 6.45) is 0.907. The molecule has 1 aromatic rings. The second kappa shape index (κ2) is 4.97. The van der Waals surface area contributed by atoms with Crippen LogP contribution in [0.5, 0.6) is 0 Å². The van der Waals surface area contributed by atoms with E-state index in [0.29, 0.717) is 0 Å². The maximum atomic E-state index is 12.5. The zero-order valence-electron chi connectivity index (χ0n) is 12.5. The highest BCUT2D eigenvalue weighted by Gasteiger charge is 2.45. The summed E-state index contributed by atoms with van der Waals surface area (Å²) in [6.45, 7) is 8.33. The minimum Gasteiger partial charge on any atom is -0.341 e. The number of amides is 1. The fraction of sp³-hybridized carbons (Fsp3) is 0.562. The molecule has 1 fully saturated rings. The van der Waals surface area contributed by atoms with Crippen LogP contribution in [0.1, 0.15) is 41.5 Å². The summed E-state index contributed by atoms with van der Waals surface area (Å²) in [4.78, 5) is 14.3. The number of nitrogens with zero attached hydrogens (tertiary/aromatic N) is 1. The third kappa shape index (κ3) is 2.16. The molecule has 3 unspecified atom stereocenters. The zero-order chi connectivity index (χ0) is 14.3. The molecule has 3 heteroatoms. The Morgan fingerprint density at radius 2 is 1.74 bits per heavy atom. The Morgan fingerprint density at radius 1 is 1.21 bits per heavy atom. The Balaban J connectivity index is 2.51. The average Bonchev–Trinajstić information content (AvgIpc) is 2.52. The number of carbonyl (C=O) groups is 1. The Bertz CT molecular complexity index is 486. The van der Waals surface area contributed by atoms with E-state index in [2.05, 4.69) is 39.8 Å². The summed E-state index contributed by atoms with van der Waals surface area (Å²) in [6, 6.07) is 4.32. The van der Waals surface area contributed by atoms with Crippen LogP contribution >= 0.6 is 0 Å². The number of aryl methyl sites for hydroxylation is 3. The summed E-state index contributed by atoms with van der Waals surface area (Å²) in [5.41, 5.74) is 11.1. The lowest BCUT2D eigenvalue weighted by Gasteiger charge is -2.22. The molecular formula is C16H24N2O. The fourth-order valence-electron chi connectivity index (χ4n) is 3.57. The highest BCUT2D eigenvalue weighted by Crippen LogP contribution is 2.36. The second-order valence-corrected chi connectivity index (χ2v) is 5.79. The van der Waals surface area contributed by atoms with Gasteiger partial charge < -0.3 is 10.6 Å². The van der Waals surface area contributed by atoms with E-state index in [9.17, 15) is 4.79 Å². The van der Waals surface area contributed by atoms with Crippen molar-refractivity contribution in [2.24, 2.45) is 5.73 Å². The van der Waals surface area contributed by atoms with Gasteiger partial charge in [-0.2, -0.15) is 0 Å². The Morgan fingerprint density at radius 3 is 2.16 bits per heavy atom. The van der Waals surface area contributed by atoms with Crippen LogP contribution in [0.4, 0.5) is 0 Å². The second-order valence-electron chi connectivity index (χ2n) is 5.79. The molecule has 1 heterocycles. The van der Waals surface area contributed by atoms with Gasteiger partial charge in [-0.25, -0.2) is 0 Å². The smallest absolute Gasteiger partial charge is 0.231 e. The number of rotatable bonds is 2. The Hall–Kier alpha value is -1.35. The Kier molecular flexibility index (Phi) is 3.68. The molecule has 3 nitrogen and oxygen atoms in total. The molecule has 1 aliphatic rings. The van der Waals surface area contributed by atoms with E-state index in [1.807, 2.05) is 11.9 Å². The number of carbonyl (C=O) groups excluding carboxylic acids is 1. The predicted molar refractivity (Wildman–Crippen MR) is 78.2 cm³/mol. The van der Waals surface area contributed by atoms with Crippen molar-refractivity contribution < 1.29 is 4.79 Å². The molecule has 0 spiro atoms. The molecule has 1 aromatic carbocycles. The maximum Gasteiger partial charge on any atom is 0.231 e. The van der Waals surface area contributed by atoms with Crippen LogP contribution in [0.15, 0.2) is 12.1 Å². The van der Waals surface area contributed by atoms with Crippen LogP contribution in [-0.4, -0.2) is 29.9 Å². The van der Waals surface area contributed by atoms with E-state index in [4.69, 9.17) is 5.73 Å². The summed E-state index contributed by atoms with van der Waals surface area (Å²) >= 11 is 0. The molecule has 1 saturated heterocycles. The minimum absolute atomic E-state index is 0.109. The molecule has 2 rings (SSSR count). The molecule has 2 N–H and O–H groups in total. The van der Waals surface area contributed by atoms with Crippen LogP contribution in [0, 0.1) is 20.8 Å². The SMILES string of the molecule is CCC1C(N)C(c2c(C)cc(C)cc2C)C(=O)N1C. The summed E-state index contributed by atoms with van der Waals surface area (Å²) < 4.78 is 0. The minimum atomic E-state index is -0.185. The largest absolute Gasteiger partial charge is 0.341 e. The standard InChI is InChI=1S/C16H24N2O/c1-6-12-15(17)14(16(19)18(12)5)13-10(3)7-9(2)8-11(13)4/h7-8,12,14-15H,6,17H2,1-5H3. The van der Waals surface area contributed by atoms with Crippen molar-refractivity contribution in [1.82, 2.24) is 4.90 Å². The van der Waals surface area contributed by atoms with Gasteiger partial charge in [0.15, 0.2) is 0 Å². The monoisotopic (exact) mass is 260 g/mol. The van der Waals surface area contributed by atoms with Crippen LogP contribution in [-0.2, 0) is 4.79 Å². The predicted octanol–water partition coefficient (Wildman–Crippen LogP) is 2.27. The Labute approximate surface area is 115 Å². The molecule has 0 aromatic heterocycles. The van der Waals surface area contributed by atoms with Crippen LogP contribution < -0.4 is 5.73 Å². The number of hydrogen-bond acceptors (Lipinski definition) is 2. The van der Waals surface area contributed by atoms with Gasteiger partial charge in [0.05, 0.1) is 5.92 Å². The molecule has 1 amide bonds. The summed E-state index contributed by atoms with van der Waals surface area (Å²) in [7, 11) is 1.87. The van der Waals surface area contributed by atoms with Crippen molar-refractivity contribution in [2.75, 3.05) is 7.05 Å². The van der Waals surface area contributed by atoms with Gasteiger partial charge in [-0.15, -0.1) is 0 Å². The first-order chi connectivity index (χ1) is 8.88. The van der Waals surface area contributed by atoms with Gasteiger partial charge in [0, 0.05) is 19.1 Å². The molecule has 0 saturated carbocycles. The van der Waals surface area contributed by atoms with Crippen molar-refractivity contribution in [2.45, 2.75) is 52.1 Å². The number of likely N-dealkylation sites (tertiary alicyclic amines) is 1. The van der Waals surface area contributed by atoms with Gasteiger partial charge in [0.25, 0.3) is 0 Å². The maximum absolute atomic E-state index is 12.5. The highest BCUT2D eigenvalue weighted by atomic mass is 16.2. The number of likely N-dealkylation sites (N-methyl/N-ethyl adjacent to an activating group) is 1. The van der Waals surface area contributed by atoms with Crippen molar-refractivity contribution in [1.29, 1.82) is 0 Å². The lowest BCUT2D eigenvalue weighted by atomic mass is 9.84. The van der Waals surface area contributed by atoms with Gasteiger partial charge in [0.2, 0.25) is 5.91 Å². The van der Waals surface area contributed by atoms with E-state index in [1.165, 1.54) is 16.7 Å². The number of hydrogen-bond donors (Lipinski definition) is 1. The van der Waals surface area contributed by atoms with Crippen LogP contribution in [0.25, 0.3) is 0 Å². The molecule has 3 atom stereocenters. The van der Waals surface area contributed by atoms with Crippen molar-refractivity contribution in [3.8, 4) is 0 Å². The fourth-order valence-corrected chi connectivity index (χ4v) is 3.57. The van der Waals surface area contributed by atoms with Gasteiger partial charge in [0.1, 0.15) is 0 Å². The van der Waals surface area contributed by atoms with E-state index in [1.54, 1.807) is 0 Å². The van der Waals surface area contributed by atoms with E-state index in [0.717, 1.165) is 12.0 Å². The van der Waals surface area contributed by atoms with Gasteiger partial charge in [-0.3, -0.25) is 4.79 Å². The highest BCUT2D eigenvalue weighted by molar-refractivity contribution is 5.88. The van der Waals surface area contributed by atoms with Crippen LogP contribution in [0.2, 0.25) is 0 Å². The normalized spacial score (nSPS) is 27.2. The first-order valence-corrected chi connectivity index (χ1v) is 6.98. The molecule has 0 aliphatic carbocycles. The van der Waals surface area contributed by atoms with E-state index >= 15 is 0 Å². The molecule has 0 radical (unpaired) electrons. The summed E-state index contributed by atoms with van der Waals surface area (Å²) in [5.74, 6) is -0.0232.